The van der Waals surface area contributed by atoms with Crippen LogP contribution in [-0.4, -0.2) is 50.1 Å². The highest BCUT2D eigenvalue weighted by Gasteiger charge is 2.29. The van der Waals surface area contributed by atoms with Gasteiger partial charge in [0.05, 0.1) is 0 Å². The summed E-state index contributed by atoms with van der Waals surface area (Å²) >= 11 is 1.89. The summed E-state index contributed by atoms with van der Waals surface area (Å²) in [5.41, 5.74) is 5.63. The Labute approximate surface area is 115 Å². The van der Waals surface area contributed by atoms with E-state index in [0.717, 1.165) is 19.0 Å². The molecule has 0 radical (unpaired) electrons. The number of nitrogens with zero attached hydrogens (tertiary/aromatic N) is 2. The molecule has 1 saturated heterocycles. The lowest BCUT2D eigenvalue weighted by molar-refractivity contribution is 0.120. The second kappa shape index (κ2) is 6.66. The van der Waals surface area contributed by atoms with Crippen LogP contribution in [-0.2, 0) is 0 Å². The van der Waals surface area contributed by atoms with Crippen molar-refractivity contribution >= 4 is 11.3 Å². The van der Waals surface area contributed by atoms with Gasteiger partial charge in [-0.3, -0.25) is 0 Å². The summed E-state index contributed by atoms with van der Waals surface area (Å²) in [5.74, 6) is 0.785. The fourth-order valence-electron chi connectivity index (χ4n) is 3.04. The molecule has 0 amide bonds. The second-order valence-electron chi connectivity index (χ2n) is 5.39. The molecule has 1 aromatic heterocycles. The Bertz CT molecular complexity index is 329. The van der Waals surface area contributed by atoms with Gasteiger partial charge >= 0.3 is 0 Å². The van der Waals surface area contributed by atoms with Crippen molar-refractivity contribution in [2.24, 2.45) is 11.7 Å². The zero-order valence-electron chi connectivity index (χ0n) is 11.5. The SMILES string of the molecule is CN(C)C(c1cccs1)C1CCN(CCN)CC1. The van der Waals surface area contributed by atoms with Crippen molar-refractivity contribution in [3.8, 4) is 0 Å². The summed E-state index contributed by atoms with van der Waals surface area (Å²) in [6.07, 6.45) is 2.58. The third-order valence-electron chi connectivity index (χ3n) is 3.92. The molecule has 0 aliphatic carbocycles. The van der Waals surface area contributed by atoms with Crippen LogP contribution < -0.4 is 5.73 Å². The first kappa shape index (κ1) is 14.0. The van der Waals surface area contributed by atoms with E-state index in [1.165, 1.54) is 30.8 Å². The second-order valence-corrected chi connectivity index (χ2v) is 6.37. The predicted molar refractivity (Wildman–Crippen MR) is 79.0 cm³/mol. The highest BCUT2D eigenvalue weighted by atomic mass is 32.1. The summed E-state index contributed by atoms with van der Waals surface area (Å²) in [5, 5.41) is 2.19. The van der Waals surface area contributed by atoms with E-state index in [1.54, 1.807) is 0 Å². The first-order valence-electron chi connectivity index (χ1n) is 6.84. The van der Waals surface area contributed by atoms with Crippen LogP contribution in [0.2, 0.25) is 0 Å². The zero-order valence-corrected chi connectivity index (χ0v) is 12.3. The van der Waals surface area contributed by atoms with E-state index in [2.05, 4.69) is 41.4 Å². The molecule has 2 heterocycles. The lowest BCUT2D eigenvalue weighted by atomic mass is 9.88. The lowest BCUT2D eigenvalue weighted by Gasteiger charge is -2.38. The van der Waals surface area contributed by atoms with Gasteiger partial charge in [0.25, 0.3) is 0 Å². The van der Waals surface area contributed by atoms with Crippen molar-refractivity contribution in [1.82, 2.24) is 9.80 Å². The molecule has 4 heteroatoms. The lowest BCUT2D eigenvalue weighted by Crippen LogP contribution is -2.40. The Morgan fingerprint density at radius 2 is 2.17 bits per heavy atom. The Hall–Kier alpha value is -0.420. The molecule has 18 heavy (non-hydrogen) atoms. The molecule has 0 saturated carbocycles. The molecule has 0 spiro atoms. The van der Waals surface area contributed by atoms with E-state index in [4.69, 9.17) is 5.73 Å². The fraction of sp³-hybridized carbons (Fsp3) is 0.714. The Kier molecular flexibility index (Phi) is 5.18. The molecule has 1 aromatic rings. The average Bonchev–Trinajstić information content (AvgIpc) is 2.85. The average molecular weight is 267 g/mol. The number of hydrogen-bond donors (Lipinski definition) is 1. The number of piperidine rings is 1. The number of rotatable bonds is 5. The van der Waals surface area contributed by atoms with Gasteiger partial charge < -0.3 is 15.5 Å². The molecular formula is C14H25N3S. The van der Waals surface area contributed by atoms with Crippen molar-refractivity contribution < 1.29 is 0 Å². The van der Waals surface area contributed by atoms with Gasteiger partial charge in [0.2, 0.25) is 0 Å². The number of hydrogen-bond acceptors (Lipinski definition) is 4. The van der Waals surface area contributed by atoms with Crippen LogP contribution in [0.5, 0.6) is 0 Å². The van der Waals surface area contributed by atoms with Crippen LogP contribution in [0.15, 0.2) is 17.5 Å². The Morgan fingerprint density at radius 1 is 1.44 bits per heavy atom. The molecule has 1 atom stereocenters. The van der Waals surface area contributed by atoms with Crippen LogP contribution in [0.25, 0.3) is 0 Å². The molecule has 3 nitrogen and oxygen atoms in total. The van der Waals surface area contributed by atoms with Gasteiger partial charge in [-0.1, -0.05) is 6.07 Å². The van der Waals surface area contributed by atoms with Gasteiger partial charge in [-0.25, -0.2) is 0 Å². The minimum Gasteiger partial charge on any atom is -0.329 e. The van der Waals surface area contributed by atoms with E-state index in [-0.39, 0.29) is 0 Å². The van der Waals surface area contributed by atoms with E-state index < -0.39 is 0 Å². The topological polar surface area (TPSA) is 32.5 Å². The van der Waals surface area contributed by atoms with E-state index >= 15 is 0 Å². The van der Waals surface area contributed by atoms with Crippen LogP contribution in [0.4, 0.5) is 0 Å². The quantitative estimate of drug-likeness (QED) is 0.886. The van der Waals surface area contributed by atoms with Crippen LogP contribution >= 0.6 is 11.3 Å². The van der Waals surface area contributed by atoms with Gasteiger partial charge in [0, 0.05) is 24.0 Å². The first-order valence-corrected chi connectivity index (χ1v) is 7.72. The van der Waals surface area contributed by atoms with E-state index in [1.807, 2.05) is 11.3 Å². The largest absolute Gasteiger partial charge is 0.329 e. The highest BCUT2D eigenvalue weighted by Crippen LogP contribution is 2.36. The summed E-state index contributed by atoms with van der Waals surface area (Å²) < 4.78 is 0. The van der Waals surface area contributed by atoms with Crippen molar-refractivity contribution in [2.45, 2.75) is 18.9 Å². The monoisotopic (exact) mass is 267 g/mol. The first-order chi connectivity index (χ1) is 8.72. The summed E-state index contributed by atoms with van der Waals surface area (Å²) in [4.78, 5) is 6.39. The molecule has 1 fully saturated rings. The van der Waals surface area contributed by atoms with Crippen molar-refractivity contribution in [2.75, 3.05) is 40.3 Å². The molecule has 1 aliphatic heterocycles. The molecular weight excluding hydrogens is 242 g/mol. The van der Waals surface area contributed by atoms with Crippen molar-refractivity contribution in [1.29, 1.82) is 0 Å². The summed E-state index contributed by atoms with van der Waals surface area (Å²) in [6.45, 7) is 4.25. The number of likely N-dealkylation sites (tertiary alicyclic amines) is 1. The third-order valence-corrected chi connectivity index (χ3v) is 4.86. The maximum Gasteiger partial charge on any atom is 0.0464 e. The molecule has 0 bridgehead atoms. The normalized spacial score (nSPS) is 20.4. The molecule has 1 unspecified atom stereocenters. The predicted octanol–water partition coefficient (Wildman–Crippen LogP) is 2.02. The fourth-order valence-corrected chi connectivity index (χ4v) is 4.06. The van der Waals surface area contributed by atoms with Gasteiger partial charge in [0.1, 0.15) is 0 Å². The van der Waals surface area contributed by atoms with E-state index in [9.17, 15) is 0 Å². The van der Waals surface area contributed by atoms with Crippen LogP contribution in [0, 0.1) is 5.92 Å². The van der Waals surface area contributed by atoms with Crippen molar-refractivity contribution in [3.63, 3.8) is 0 Å². The van der Waals surface area contributed by atoms with Gasteiger partial charge in [0.15, 0.2) is 0 Å². The smallest absolute Gasteiger partial charge is 0.0464 e. The summed E-state index contributed by atoms with van der Waals surface area (Å²) in [7, 11) is 4.41. The van der Waals surface area contributed by atoms with E-state index in [0.29, 0.717) is 6.04 Å². The summed E-state index contributed by atoms with van der Waals surface area (Å²) in [6, 6.07) is 5.03. The van der Waals surface area contributed by atoms with Gasteiger partial charge in [-0.15, -0.1) is 11.3 Å². The molecule has 2 N–H and O–H groups in total. The number of thiophene rings is 1. The third kappa shape index (κ3) is 3.32. The van der Waals surface area contributed by atoms with Gasteiger partial charge in [-0.05, 0) is 57.4 Å². The molecule has 102 valence electrons. The van der Waals surface area contributed by atoms with Gasteiger partial charge in [-0.2, -0.15) is 0 Å². The molecule has 1 aliphatic rings. The van der Waals surface area contributed by atoms with Crippen LogP contribution in [0.1, 0.15) is 23.8 Å². The van der Waals surface area contributed by atoms with Crippen LogP contribution in [0.3, 0.4) is 0 Å². The highest BCUT2D eigenvalue weighted by molar-refractivity contribution is 7.10. The maximum atomic E-state index is 5.63. The minimum absolute atomic E-state index is 0.588. The molecule has 2 rings (SSSR count). The molecule has 0 aromatic carbocycles. The minimum atomic E-state index is 0.588. The zero-order chi connectivity index (χ0) is 13.0. The van der Waals surface area contributed by atoms with Crippen molar-refractivity contribution in [3.05, 3.63) is 22.4 Å². The maximum absolute atomic E-state index is 5.63. The Balaban J connectivity index is 1.97. The Morgan fingerprint density at radius 3 is 2.67 bits per heavy atom. The standard InChI is InChI=1S/C14H25N3S/c1-16(2)14(13-4-3-11-18-13)12-5-8-17(9-6-12)10-7-15/h3-4,11-12,14H,5-10,15H2,1-2H3. The number of nitrogens with two attached hydrogens (primary N) is 1.